The van der Waals surface area contributed by atoms with Crippen molar-refractivity contribution in [3.05, 3.63) is 48.4 Å². The largest absolute Gasteiger partial charge is 0.308 e. The van der Waals surface area contributed by atoms with Crippen LogP contribution in [0.5, 0.6) is 0 Å². The van der Waals surface area contributed by atoms with Gasteiger partial charge in [0.05, 0.1) is 23.1 Å². The first-order valence-corrected chi connectivity index (χ1v) is 6.88. The van der Waals surface area contributed by atoms with Gasteiger partial charge in [-0.3, -0.25) is 4.98 Å². The number of nitrogens with one attached hydrogen (secondary N) is 1. The first kappa shape index (κ1) is 11.5. The van der Waals surface area contributed by atoms with E-state index in [4.69, 9.17) is 0 Å². The Kier molecular flexibility index (Phi) is 2.70. The molecule has 1 aliphatic rings. The summed E-state index contributed by atoms with van der Waals surface area (Å²) in [5, 5.41) is 12.8. The standard InChI is InChI=1S/C15H15N5/c1-2-11-8-13(5-6-15(11)16-7-1)20-14(10-18-19-20)9-17-12-3-4-12/h1-2,5-8,10,12,17H,3-4,9H2. The third kappa shape index (κ3) is 2.16. The lowest BCUT2D eigenvalue weighted by Gasteiger charge is -2.07. The van der Waals surface area contributed by atoms with Crippen molar-refractivity contribution < 1.29 is 0 Å². The van der Waals surface area contributed by atoms with Gasteiger partial charge in [-0.2, -0.15) is 0 Å². The quantitative estimate of drug-likeness (QED) is 0.784. The fourth-order valence-corrected chi connectivity index (χ4v) is 2.33. The minimum atomic E-state index is 0.680. The van der Waals surface area contributed by atoms with Crippen LogP contribution in [0.2, 0.25) is 0 Å². The van der Waals surface area contributed by atoms with E-state index < -0.39 is 0 Å². The smallest absolute Gasteiger partial charge is 0.0783 e. The monoisotopic (exact) mass is 265 g/mol. The van der Waals surface area contributed by atoms with Gasteiger partial charge in [0, 0.05) is 24.2 Å². The third-order valence-corrected chi connectivity index (χ3v) is 3.60. The van der Waals surface area contributed by atoms with E-state index in [1.807, 2.05) is 35.3 Å². The van der Waals surface area contributed by atoms with Crippen LogP contribution in [0.3, 0.4) is 0 Å². The molecule has 3 aromatic rings. The predicted octanol–water partition coefficient (Wildman–Crippen LogP) is 2.07. The fourth-order valence-electron chi connectivity index (χ4n) is 2.33. The van der Waals surface area contributed by atoms with Gasteiger partial charge in [-0.15, -0.1) is 5.10 Å². The Labute approximate surface area is 116 Å². The molecule has 1 N–H and O–H groups in total. The Morgan fingerprint density at radius 2 is 2.20 bits per heavy atom. The summed E-state index contributed by atoms with van der Waals surface area (Å²) in [7, 11) is 0. The molecule has 1 aliphatic carbocycles. The molecule has 0 radical (unpaired) electrons. The highest BCUT2D eigenvalue weighted by molar-refractivity contribution is 5.80. The summed E-state index contributed by atoms with van der Waals surface area (Å²) in [6, 6.07) is 10.8. The van der Waals surface area contributed by atoms with E-state index >= 15 is 0 Å². The van der Waals surface area contributed by atoms with Crippen molar-refractivity contribution >= 4 is 10.9 Å². The van der Waals surface area contributed by atoms with Gasteiger partial charge in [-0.1, -0.05) is 11.3 Å². The van der Waals surface area contributed by atoms with E-state index in [2.05, 4.69) is 32.7 Å². The van der Waals surface area contributed by atoms with Crippen LogP contribution in [0.1, 0.15) is 18.5 Å². The second-order valence-electron chi connectivity index (χ2n) is 5.17. The normalized spacial score (nSPS) is 14.8. The molecular weight excluding hydrogens is 250 g/mol. The van der Waals surface area contributed by atoms with Gasteiger partial charge < -0.3 is 5.32 Å². The number of hydrogen-bond acceptors (Lipinski definition) is 4. The van der Waals surface area contributed by atoms with Crippen molar-refractivity contribution in [2.45, 2.75) is 25.4 Å². The van der Waals surface area contributed by atoms with Crippen LogP contribution in [0.4, 0.5) is 0 Å². The number of rotatable bonds is 4. The topological polar surface area (TPSA) is 55.6 Å². The maximum absolute atomic E-state index is 4.34. The number of benzene rings is 1. The van der Waals surface area contributed by atoms with Gasteiger partial charge in [0.25, 0.3) is 0 Å². The molecule has 20 heavy (non-hydrogen) atoms. The van der Waals surface area contributed by atoms with E-state index in [9.17, 15) is 0 Å². The van der Waals surface area contributed by atoms with Gasteiger partial charge in [-0.05, 0) is 37.1 Å². The lowest BCUT2D eigenvalue weighted by atomic mass is 10.2. The van der Waals surface area contributed by atoms with Gasteiger partial charge in [0.1, 0.15) is 0 Å². The van der Waals surface area contributed by atoms with Gasteiger partial charge in [-0.25, -0.2) is 4.68 Å². The Hall–Kier alpha value is -2.27. The molecule has 2 heterocycles. The van der Waals surface area contributed by atoms with Crippen LogP contribution >= 0.6 is 0 Å². The summed E-state index contributed by atoms with van der Waals surface area (Å²) in [5.41, 5.74) is 3.10. The first-order chi connectivity index (χ1) is 9.90. The van der Waals surface area contributed by atoms with E-state index in [0.717, 1.165) is 28.8 Å². The minimum absolute atomic E-state index is 0.680. The Bertz CT molecular complexity index is 745. The average Bonchev–Trinajstić information content (AvgIpc) is 3.21. The SMILES string of the molecule is c1cnc2ccc(-n3nncc3CNC3CC3)cc2c1. The molecule has 5 heteroatoms. The van der Waals surface area contributed by atoms with Crippen molar-refractivity contribution in [3.8, 4) is 5.69 Å². The molecule has 1 aromatic carbocycles. The number of nitrogens with zero attached hydrogens (tertiary/aromatic N) is 4. The molecule has 0 spiro atoms. The summed E-state index contributed by atoms with van der Waals surface area (Å²) in [4.78, 5) is 4.34. The maximum atomic E-state index is 4.34. The Balaban J connectivity index is 1.69. The molecule has 100 valence electrons. The Morgan fingerprint density at radius 1 is 1.25 bits per heavy atom. The summed E-state index contributed by atoms with van der Waals surface area (Å²) in [6.07, 6.45) is 6.19. The van der Waals surface area contributed by atoms with Crippen molar-refractivity contribution in [1.29, 1.82) is 0 Å². The predicted molar refractivity (Wildman–Crippen MR) is 76.5 cm³/mol. The minimum Gasteiger partial charge on any atom is -0.308 e. The van der Waals surface area contributed by atoms with Crippen LogP contribution in [-0.4, -0.2) is 26.0 Å². The molecule has 0 amide bonds. The highest BCUT2D eigenvalue weighted by Gasteiger charge is 2.21. The average molecular weight is 265 g/mol. The summed E-state index contributed by atoms with van der Waals surface area (Å²) >= 11 is 0. The summed E-state index contributed by atoms with van der Waals surface area (Å²) < 4.78 is 1.89. The molecule has 0 saturated heterocycles. The highest BCUT2D eigenvalue weighted by atomic mass is 15.4. The summed E-state index contributed by atoms with van der Waals surface area (Å²) in [5.74, 6) is 0. The van der Waals surface area contributed by atoms with Gasteiger partial charge in [0.2, 0.25) is 0 Å². The van der Waals surface area contributed by atoms with Crippen LogP contribution in [0.25, 0.3) is 16.6 Å². The fraction of sp³-hybridized carbons (Fsp3) is 0.267. The van der Waals surface area contributed by atoms with E-state index in [0.29, 0.717) is 6.04 Å². The molecular formula is C15H15N5. The second kappa shape index (κ2) is 4.68. The number of aromatic nitrogens is 4. The molecule has 1 saturated carbocycles. The zero-order valence-corrected chi connectivity index (χ0v) is 11.0. The van der Waals surface area contributed by atoms with E-state index in [1.54, 1.807) is 0 Å². The highest BCUT2D eigenvalue weighted by Crippen LogP contribution is 2.20. The molecule has 4 rings (SSSR count). The van der Waals surface area contributed by atoms with Crippen molar-refractivity contribution in [2.75, 3.05) is 0 Å². The first-order valence-electron chi connectivity index (χ1n) is 6.88. The molecule has 1 fully saturated rings. The lowest BCUT2D eigenvalue weighted by molar-refractivity contribution is 0.647. The second-order valence-corrected chi connectivity index (χ2v) is 5.17. The van der Waals surface area contributed by atoms with E-state index in [-0.39, 0.29) is 0 Å². The number of fused-ring (bicyclic) bond motifs is 1. The third-order valence-electron chi connectivity index (χ3n) is 3.60. The van der Waals surface area contributed by atoms with Crippen molar-refractivity contribution in [2.24, 2.45) is 0 Å². The molecule has 0 atom stereocenters. The van der Waals surface area contributed by atoms with Gasteiger partial charge >= 0.3 is 0 Å². The molecule has 0 unspecified atom stereocenters. The van der Waals surface area contributed by atoms with Crippen LogP contribution in [-0.2, 0) is 6.54 Å². The van der Waals surface area contributed by atoms with Crippen LogP contribution in [0, 0.1) is 0 Å². The summed E-state index contributed by atoms with van der Waals surface area (Å²) in [6.45, 7) is 0.808. The van der Waals surface area contributed by atoms with Crippen LogP contribution in [0.15, 0.2) is 42.7 Å². The molecule has 5 nitrogen and oxygen atoms in total. The number of pyridine rings is 1. The molecule has 0 aliphatic heterocycles. The van der Waals surface area contributed by atoms with Crippen molar-refractivity contribution in [3.63, 3.8) is 0 Å². The van der Waals surface area contributed by atoms with Gasteiger partial charge in [0.15, 0.2) is 0 Å². The van der Waals surface area contributed by atoms with Crippen LogP contribution < -0.4 is 5.32 Å². The zero-order valence-electron chi connectivity index (χ0n) is 11.0. The van der Waals surface area contributed by atoms with Crippen molar-refractivity contribution in [1.82, 2.24) is 25.3 Å². The molecule has 0 bridgehead atoms. The zero-order chi connectivity index (χ0) is 13.4. The van der Waals surface area contributed by atoms with E-state index in [1.165, 1.54) is 12.8 Å². The Morgan fingerprint density at radius 3 is 3.10 bits per heavy atom. The number of hydrogen-bond donors (Lipinski definition) is 1. The lowest BCUT2D eigenvalue weighted by Crippen LogP contribution is -2.18. The maximum Gasteiger partial charge on any atom is 0.0783 e. The molecule has 2 aromatic heterocycles.